The Labute approximate surface area is 221 Å². The van der Waals surface area contributed by atoms with Crippen LogP contribution in [0.2, 0.25) is 22.5 Å². The van der Waals surface area contributed by atoms with Gasteiger partial charge >= 0.3 is 222 Å². The van der Waals surface area contributed by atoms with Gasteiger partial charge in [0.1, 0.15) is 0 Å². The molecule has 11 heteroatoms. The average Bonchev–Trinajstić information content (AvgIpc) is 3.14. The summed E-state index contributed by atoms with van der Waals surface area (Å²) < 4.78 is 11.9. The third-order valence-corrected chi connectivity index (χ3v) is 11.0. The van der Waals surface area contributed by atoms with Crippen LogP contribution in [0.15, 0.2) is 29.1 Å². The van der Waals surface area contributed by atoms with Crippen LogP contribution in [0, 0.1) is 0 Å². The second kappa shape index (κ2) is 9.21. The molecule has 1 amide bonds. The number of aliphatic hydroxyl groups excluding tert-OH is 1. The Morgan fingerprint density at radius 2 is 2.03 bits per heavy atom. The van der Waals surface area contributed by atoms with Gasteiger partial charge in [-0.2, -0.15) is 0 Å². The molecule has 5 rings (SSSR count). The second-order valence-electron chi connectivity index (χ2n) is 11.1. The van der Waals surface area contributed by atoms with Gasteiger partial charge in [0.05, 0.1) is 0 Å². The first-order valence-electron chi connectivity index (χ1n) is 12.6. The summed E-state index contributed by atoms with van der Waals surface area (Å²) in [6, 6.07) is 6.82. The van der Waals surface area contributed by atoms with Gasteiger partial charge in [-0.25, -0.2) is 0 Å². The number of primary amides is 1. The Bertz CT molecular complexity index is 1560. The molecule has 4 N–H and O–H groups in total. The zero-order chi connectivity index (χ0) is 27.6. The van der Waals surface area contributed by atoms with Gasteiger partial charge in [-0.05, 0) is 0 Å². The van der Waals surface area contributed by atoms with Crippen LogP contribution >= 0.6 is 0 Å². The molecule has 0 bridgehead atoms. The molecule has 2 aromatic heterocycles. The Morgan fingerprint density at radius 3 is 2.68 bits per heavy atom. The molecule has 0 radical (unpaired) electrons. The predicted octanol–water partition coefficient (Wildman–Crippen LogP) is 2.32. The van der Waals surface area contributed by atoms with Gasteiger partial charge in [-0.1, -0.05) is 0 Å². The topological polar surface area (TPSA) is 154 Å². The summed E-state index contributed by atoms with van der Waals surface area (Å²) in [4.78, 5) is 42.2. The van der Waals surface area contributed by atoms with Crippen LogP contribution in [0.5, 0.6) is 5.75 Å². The number of esters is 1. The Hall–Kier alpha value is -3.22. The molecule has 4 heterocycles. The number of ether oxygens (including phenoxy) is 2. The molecule has 0 saturated carbocycles. The molecule has 1 aromatic carbocycles. The molecular weight excluding hydrogens is 551 g/mol. The summed E-state index contributed by atoms with van der Waals surface area (Å²) in [5.74, 6) is 5.95. The van der Waals surface area contributed by atoms with E-state index in [0.29, 0.717) is 34.6 Å². The van der Waals surface area contributed by atoms with Gasteiger partial charge in [-0.15, -0.1) is 0 Å². The molecule has 0 saturated heterocycles. The van der Waals surface area contributed by atoms with Crippen LogP contribution < -0.4 is 16.0 Å². The van der Waals surface area contributed by atoms with Crippen molar-refractivity contribution in [3.8, 4) is 17.1 Å². The van der Waals surface area contributed by atoms with E-state index in [9.17, 15) is 24.6 Å². The monoisotopic (exact) mass is 583 g/mol. The normalized spacial score (nSPS) is 20.1. The van der Waals surface area contributed by atoms with E-state index in [-0.39, 0.29) is 30.8 Å². The average molecular weight is 582 g/mol. The van der Waals surface area contributed by atoms with Crippen molar-refractivity contribution in [2.24, 2.45) is 5.73 Å². The van der Waals surface area contributed by atoms with Crippen molar-refractivity contribution in [1.82, 2.24) is 9.55 Å². The van der Waals surface area contributed by atoms with E-state index < -0.39 is 42.5 Å². The molecule has 2 atom stereocenters. The van der Waals surface area contributed by atoms with E-state index in [1.54, 1.807) is 31.2 Å². The number of aliphatic hydroxyl groups is 2. The summed E-state index contributed by atoms with van der Waals surface area (Å²) >= 11 is -2.04. The maximum absolute atomic E-state index is 13.6. The Kier molecular flexibility index (Phi) is 6.40. The molecule has 2 aliphatic rings. The Morgan fingerprint density at radius 1 is 1.29 bits per heavy atom. The van der Waals surface area contributed by atoms with Crippen molar-refractivity contribution in [3.63, 3.8) is 0 Å². The van der Waals surface area contributed by atoms with Gasteiger partial charge in [0.25, 0.3) is 0 Å². The van der Waals surface area contributed by atoms with Crippen molar-refractivity contribution < 1.29 is 29.3 Å². The van der Waals surface area contributed by atoms with Crippen molar-refractivity contribution in [3.05, 3.63) is 56.9 Å². The molecular formula is C27H31GeN3O7. The number of hydrogen-bond acceptors (Lipinski definition) is 8. The molecule has 0 aliphatic carbocycles. The number of aryl methyl sites for hydroxylation is 1. The molecule has 10 nitrogen and oxygen atoms in total. The van der Waals surface area contributed by atoms with Crippen molar-refractivity contribution >= 4 is 36.0 Å². The summed E-state index contributed by atoms with van der Waals surface area (Å²) in [6.07, 6.45) is -0.622. The number of rotatable bonds is 7. The number of pyridine rings is 2. The van der Waals surface area contributed by atoms with E-state index >= 15 is 0 Å². The summed E-state index contributed by atoms with van der Waals surface area (Å²) in [7, 11) is 0. The molecule has 0 fully saturated rings. The minimum absolute atomic E-state index is 0.0272. The third-order valence-electron chi connectivity index (χ3n) is 7.34. The zero-order valence-electron chi connectivity index (χ0n) is 21.8. The number of nitrogens with zero attached hydrogens (tertiary/aromatic N) is 2. The number of aromatic nitrogens is 2. The number of cyclic esters (lactones) is 1. The van der Waals surface area contributed by atoms with E-state index in [0.717, 1.165) is 16.2 Å². The zero-order valence-corrected chi connectivity index (χ0v) is 23.9. The predicted molar refractivity (Wildman–Crippen MR) is 142 cm³/mol. The SMILES string of the molecule is CC[C@@]1(O)C(=O)OCc2c1cc1n(c2=O)C(O)c2c-1nc1ccc(OCC(N)=O)cc1c2C[CH2][Ge]([CH3])([CH3])[CH3]. The fraction of sp³-hybridized carbons (Fsp3) is 0.407. The number of amides is 1. The van der Waals surface area contributed by atoms with E-state index in [2.05, 4.69) is 17.3 Å². The van der Waals surface area contributed by atoms with Crippen molar-refractivity contribution in [1.29, 1.82) is 0 Å². The summed E-state index contributed by atoms with van der Waals surface area (Å²) in [5, 5.41) is 24.4. The first-order valence-corrected chi connectivity index (χ1v) is 20.4. The van der Waals surface area contributed by atoms with E-state index in [1.807, 2.05) is 0 Å². The number of benzene rings is 1. The number of nitrogens with two attached hydrogens (primary N) is 1. The molecule has 38 heavy (non-hydrogen) atoms. The van der Waals surface area contributed by atoms with Crippen molar-refractivity contribution in [2.75, 3.05) is 6.61 Å². The molecule has 1 unspecified atom stereocenters. The first-order chi connectivity index (χ1) is 17.9. The first kappa shape index (κ1) is 26.4. The molecule has 3 aromatic rings. The number of carbonyl (C=O) groups is 2. The number of carbonyl (C=O) groups excluding carboxylic acids is 2. The number of fused-ring (bicyclic) bond motifs is 5. The summed E-state index contributed by atoms with van der Waals surface area (Å²) in [6.45, 7) is 1.09. The van der Waals surface area contributed by atoms with Crippen LogP contribution in [0.3, 0.4) is 0 Å². The maximum atomic E-state index is 13.6. The van der Waals surface area contributed by atoms with Crippen LogP contribution in [-0.2, 0) is 33.0 Å². The summed E-state index contributed by atoms with van der Waals surface area (Å²) in [5.41, 5.74) is 5.85. The van der Waals surface area contributed by atoms with Crippen LogP contribution in [-0.4, -0.2) is 51.5 Å². The van der Waals surface area contributed by atoms with Crippen LogP contribution in [0.25, 0.3) is 22.3 Å². The van der Waals surface area contributed by atoms with Crippen LogP contribution in [0.1, 0.15) is 41.8 Å². The van der Waals surface area contributed by atoms with Gasteiger partial charge in [0, 0.05) is 0 Å². The fourth-order valence-electron chi connectivity index (χ4n) is 5.24. The number of hydrogen-bond donors (Lipinski definition) is 3. The molecule has 200 valence electrons. The van der Waals surface area contributed by atoms with E-state index in [4.69, 9.17) is 20.2 Å². The second-order valence-corrected chi connectivity index (χ2v) is 22.9. The fourth-order valence-corrected chi connectivity index (χ4v) is 7.34. The van der Waals surface area contributed by atoms with Gasteiger partial charge in [0.2, 0.25) is 0 Å². The van der Waals surface area contributed by atoms with Gasteiger partial charge < -0.3 is 0 Å². The molecule has 2 aliphatic heterocycles. The van der Waals surface area contributed by atoms with E-state index in [1.165, 1.54) is 4.57 Å². The molecule has 0 spiro atoms. The van der Waals surface area contributed by atoms with Crippen molar-refractivity contribution in [2.45, 2.75) is 60.7 Å². The third kappa shape index (κ3) is 4.20. The Balaban J connectivity index is 1.76. The minimum atomic E-state index is -2.04. The van der Waals surface area contributed by atoms with Crippen LogP contribution in [0.4, 0.5) is 0 Å². The van der Waals surface area contributed by atoms with Gasteiger partial charge in [-0.3, -0.25) is 0 Å². The quantitative estimate of drug-likeness (QED) is 0.284. The van der Waals surface area contributed by atoms with Gasteiger partial charge in [0.15, 0.2) is 0 Å². The standard InChI is InChI=1S/C27H31GeN3O7/c1-5-27(36)18-11-20-23-22(25(34)31(20)24(33)17(18)12-38-26(27)35)15(8-9-28(2,3)4)16-10-14(37-13-21(29)32)6-7-19(16)30-23/h6-7,10-11,25,34,36H,5,8-9,12-13H2,1-4H3,(H2,29,32)/t25?,27-/m0/s1.